The highest BCUT2D eigenvalue weighted by molar-refractivity contribution is 6.30. The first kappa shape index (κ1) is 27.3. The third-order valence-electron chi connectivity index (χ3n) is 6.21. The number of nitrogens with one attached hydrogen (secondary N) is 1. The number of carbonyl (C=O) groups is 3. The average molecular weight is 541 g/mol. The molecular weight excluding hydrogens is 511 g/mol. The van der Waals surface area contributed by atoms with Crippen molar-refractivity contribution in [1.82, 2.24) is 15.1 Å². The molecule has 0 saturated heterocycles. The van der Waals surface area contributed by atoms with E-state index in [1.807, 2.05) is 13.1 Å². The third kappa shape index (κ3) is 6.39. The summed E-state index contributed by atoms with van der Waals surface area (Å²) in [5.74, 6) is -1.19. The maximum Gasteiger partial charge on any atom is 0.408 e. The van der Waals surface area contributed by atoms with Gasteiger partial charge in [0.05, 0.1) is 19.3 Å². The van der Waals surface area contributed by atoms with Gasteiger partial charge in [-0.3, -0.25) is 14.3 Å². The summed E-state index contributed by atoms with van der Waals surface area (Å²) in [6.45, 7) is 5.26. The maximum absolute atomic E-state index is 15.0. The van der Waals surface area contributed by atoms with Crippen molar-refractivity contribution in [3.63, 3.8) is 0 Å². The van der Waals surface area contributed by atoms with Crippen molar-refractivity contribution >= 4 is 35.1 Å². The lowest BCUT2D eigenvalue weighted by atomic mass is 10.0. The molecule has 38 heavy (non-hydrogen) atoms. The Balaban J connectivity index is 1.46. The minimum atomic E-state index is -0.685. The largest absolute Gasteiger partial charge is 0.444 e. The van der Waals surface area contributed by atoms with Crippen molar-refractivity contribution in [2.75, 3.05) is 11.4 Å². The number of ether oxygens (including phenoxy) is 1. The van der Waals surface area contributed by atoms with E-state index >= 15 is 0 Å². The Bertz CT molecular complexity index is 1400. The van der Waals surface area contributed by atoms with Gasteiger partial charge < -0.3 is 15.0 Å². The van der Waals surface area contributed by atoms with E-state index in [9.17, 15) is 18.8 Å². The quantitative estimate of drug-likeness (QED) is 0.475. The van der Waals surface area contributed by atoms with Crippen LogP contribution < -0.4 is 10.2 Å². The molecule has 2 heterocycles. The smallest absolute Gasteiger partial charge is 0.408 e. The number of fused-ring (bicyclic) bond motifs is 2. The number of hydrogen-bond donors (Lipinski definition) is 1. The van der Waals surface area contributed by atoms with E-state index in [0.29, 0.717) is 29.2 Å². The highest BCUT2D eigenvalue weighted by atomic mass is 35.5. The molecule has 200 valence electrons. The molecule has 0 spiro atoms. The van der Waals surface area contributed by atoms with Gasteiger partial charge in [-0.2, -0.15) is 5.10 Å². The molecule has 1 aliphatic heterocycles. The Morgan fingerprint density at radius 2 is 1.89 bits per heavy atom. The molecule has 0 atom stereocenters. The topological polar surface area (TPSA) is 93.5 Å². The number of carbonyl (C=O) groups excluding carboxylic acids is 3. The molecule has 3 aromatic rings. The van der Waals surface area contributed by atoms with E-state index in [-0.39, 0.29) is 36.6 Å². The number of alkyl carbamates (subject to hydrolysis) is 1. The minimum absolute atomic E-state index is 0.0318. The van der Waals surface area contributed by atoms with E-state index in [4.69, 9.17) is 16.3 Å². The SMILES string of the molecule is Cn1ncc2c1Cc1cc(Cl)ccc1N(C(=O)c1ccc(CCC(=O)CNC(=O)OC(C)(C)C)c(F)c1)C2. The van der Waals surface area contributed by atoms with Crippen LogP contribution in [0, 0.1) is 5.82 Å². The highest BCUT2D eigenvalue weighted by Crippen LogP contribution is 2.33. The number of nitrogens with zero attached hydrogens (tertiary/aromatic N) is 3. The molecule has 0 unspecified atom stereocenters. The number of amides is 2. The number of hydrogen-bond acceptors (Lipinski definition) is 5. The summed E-state index contributed by atoms with van der Waals surface area (Å²) in [5.41, 5.74) is 3.31. The molecule has 1 aliphatic rings. The van der Waals surface area contributed by atoms with Crippen LogP contribution >= 0.6 is 11.6 Å². The van der Waals surface area contributed by atoms with Gasteiger partial charge in [-0.05, 0) is 68.7 Å². The lowest BCUT2D eigenvalue weighted by molar-refractivity contribution is -0.118. The second kappa shape index (κ2) is 10.9. The van der Waals surface area contributed by atoms with Gasteiger partial charge in [-0.25, -0.2) is 9.18 Å². The van der Waals surface area contributed by atoms with E-state index < -0.39 is 17.5 Å². The summed E-state index contributed by atoms with van der Waals surface area (Å²) in [6, 6.07) is 9.65. The van der Waals surface area contributed by atoms with Crippen molar-refractivity contribution in [2.45, 2.75) is 52.2 Å². The van der Waals surface area contributed by atoms with Gasteiger partial charge in [-0.15, -0.1) is 0 Å². The summed E-state index contributed by atoms with van der Waals surface area (Å²) >= 11 is 6.24. The van der Waals surface area contributed by atoms with Gasteiger partial charge in [0.15, 0.2) is 5.78 Å². The summed E-state index contributed by atoms with van der Waals surface area (Å²) < 4.78 is 21.9. The molecule has 2 aromatic carbocycles. The Hall–Kier alpha value is -3.72. The molecule has 0 saturated carbocycles. The van der Waals surface area contributed by atoms with Gasteiger partial charge in [0.25, 0.3) is 5.91 Å². The van der Waals surface area contributed by atoms with Gasteiger partial charge in [-0.1, -0.05) is 17.7 Å². The zero-order chi connectivity index (χ0) is 27.6. The highest BCUT2D eigenvalue weighted by Gasteiger charge is 2.27. The molecule has 10 heteroatoms. The first-order chi connectivity index (χ1) is 17.9. The molecule has 0 aliphatic carbocycles. The van der Waals surface area contributed by atoms with Gasteiger partial charge in [0.1, 0.15) is 11.4 Å². The molecule has 0 radical (unpaired) electrons. The molecule has 0 fully saturated rings. The molecule has 1 N–H and O–H groups in total. The van der Waals surface area contributed by atoms with Crippen molar-refractivity contribution in [3.05, 3.63) is 81.4 Å². The Labute approximate surface area is 225 Å². The Kier molecular flexibility index (Phi) is 7.87. The van der Waals surface area contributed by atoms with E-state index in [1.54, 1.807) is 54.7 Å². The van der Waals surface area contributed by atoms with Crippen LogP contribution in [0.25, 0.3) is 0 Å². The molecule has 1 aromatic heterocycles. The van der Waals surface area contributed by atoms with Crippen molar-refractivity contribution in [3.8, 4) is 0 Å². The number of ketones is 1. The van der Waals surface area contributed by atoms with Crippen molar-refractivity contribution in [1.29, 1.82) is 0 Å². The predicted molar refractivity (Wildman–Crippen MR) is 142 cm³/mol. The van der Waals surface area contributed by atoms with Crippen LogP contribution in [0.5, 0.6) is 0 Å². The fourth-order valence-corrected chi connectivity index (χ4v) is 4.53. The van der Waals surface area contributed by atoms with Crippen LogP contribution in [0.1, 0.15) is 59.9 Å². The van der Waals surface area contributed by atoms with Crippen LogP contribution in [-0.2, 0) is 36.0 Å². The number of Topliss-reactive ketones (excluding diaryl/α,β-unsaturated/α-hetero) is 1. The molecular formula is C28H30ClFN4O4. The molecule has 2 amide bonds. The van der Waals surface area contributed by atoms with Gasteiger partial charge in [0.2, 0.25) is 0 Å². The Morgan fingerprint density at radius 3 is 2.61 bits per heavy atom. The second-order valence-corrected chi connectivity index (χ2v) is 10.7. The van der Waals surface area contributed by atoms with Crippen LogP contribution in [0.4, 0.5) is 14.9 Å². The first-order valence-electron chi connectivity index (χ1n) is 12.3. The standard InChI is InChI=1S/C28H30ClFN4O4/c1-28(2,3)38-27(37)31-15-22(35)9-7-17-5-6-18(12-23(17)30)26(36)34-16-20-14-32-33(4)25(20)13-19-11-21(29)8-10-24(19)34/h5-6,8,10-12,14H,7,9,13,15-16H2,1-4H3,(H,31,37). The van der Waals surface area contributed by atoms with Crippen LogP contribution in [0.2, 0.25) is 5.02 Å². The summed E-state index contributed by atoms with van der Waals surface area (Å²) in [6.07, 6.45) is 1.79. The zero-order valence-corrected chi connectivity index (χ0v) is 22.6. The van der Waals surface area contributed by atoms with Gasteiger partial charge >= 0.3 is 6.09 Å². The van der Waals surface area contributed by atoms with E-state index in [0.717, 1.165) is 16.8 Å². The van der Waals surface area contributed by atoms with E-state index in [2.05, 4.69) is 10.4 Å². The maximum atomic E-state index is 15.0. The summed E-state index contributed by atoms with van der Waals surface area (Å²) in [4.78, 5) is 39.1. The molecule has 0 bridgehead atoms. The fourth-order valence-electron chi connectivity index (χ4n) is 4.33. The number of aryl methyl sites for hydroxylation is 2. The van der Waals surface area contributed by atoms with Crippen LogP contribution in [0.3, 0.4) is 0 Å². The van der Waals surface area contributed by atoms with Crippen LogP contribution in [0.15, 0.2) is 42.6 Å². The molecule has 4 rings (SSSR count). The number of rotatable bonds is 6. The lowest BCUT2D eigenvalue weighted by Crippen LogP contribution is -2.35. The Morgan fingerprint density at radius 1 is 1.13 bits per heavy atom. The lowest BCUT2D eigenvalue weighted by Gasteiger charge is -2.23. The predicted octanol–water partition coefficient (Wildman–Crippen LogP) is 4.99. The first-order valence-corrected chi connectivity index (χ1v) is 12.7. The number of benzene rings is 2. The zero-order valence-electron chi connectivity index (χ0n) is 21.8. The number of halogens is 2. The fraction of sp³-hybridized carbons (Fsp3) is 0.357. The second-order valence-electron chi connectivity index (χ2n) is 10.3. The summed E-state index contributed by atoms with van der Waals surface area (Å²) in [5, 5.41) is 7.30. The summed E-state index contributed by atoms with van der Waals surface area (Å²) in [7, 11) is 1.85. The number of anilines is 1. The van der Waals surface area contributed by atoms with Crippen molar-refractivity contribution in [2.24, 2.45) is 7.05 Å². The van der Waals surface area contributed by atoms with Crippen LogP contribution in [-0.4, -0.2) is 39.7 Å². The third-order valence-corrected chi connectivity index (χ3v) is 6.45. The van der Waals surface area contributed by atoms with Gasteiger partial charge in [0, 0.05) is 47.4 Å². The van der Waals surface area contributed by atoms with E-state index in [1.165, 1.54) is 12.1 Å². The molecule has 8 nitrogen and oxygen atoms in total. The average Bonchev–Trinajstić information content (AvgIpc) is 3.09. The monoisotopic (exact) mass is 540 g/mol. The minimum Gasteiger partial charge on any atom is -0.444 e. The van der Waals surface area contributed by atoms with Crippen molar-refractivity contribution < 1.29 is 23.5 Å². The number of aromatic nitrogens is 2. The normalized spacial score (nSPS) is 12.8.